The van der Waals surface area contributed by atoms with E-state index in [0.717, 1.165) is 5.01 Å². The molecule has 2 rings (SSSR count). The summed E-state index contributed by atoms with van der Waals surface area (Å²) in [4.78, 5) is 16.7. The zero-order chi connectivity index (χ0) is 13.1. The van der Waals surface area contributed by atoms with Crippen LogP contribution in [-0.4, -0.2) is 16.1 Å². The number of aryl methyl sites for hydroxylation is 2. The molecule has 2 aromatic rings. The Labute approximate surface area is 114 Å². The molecule has 1 aromatic heterocycles. The maximum Gasteiger partial charge on any atom is 0.347 e. The van der Waals surface area contributed by atoms with Crippen LogP contribution in [0.5, 0.6) is 0 Å². The number of carbonyl (C=O) groups is 1. The first-order valence-corrected chi connectivity index (χ1v) is 7.25. The molecule has 5 heteroatoms. The van der Waals surface area contributed by atoms with E-state index in [-0.39, 0.29) is 0 Å². The van der Waals surface area contributed by atoms with Crippen LogP contribution in [0.1, 0.15) is 25.9 Å². The van der Waals surface area contributed by atoms with Crippen LogP contribution < -0.4 is 0 Å². The summed E-state index contributed by atoms with van der Waals surface area (Å²) >= 11 is 2.93. The number of thiazole rings is 1. The van der Waals surface area contributed by atoms with E-state index in [0.29, 0.717) is 16.3 Å². The van der Waals surface area contributed by atoms with Crippen molar-refractivity contribution in [2.75, 3.05) is 0 Å². The van der Waals surface area contributed by atoms with E-state index in [1.54, 1.807) is 18.7 Å². The molecule has 0 saturated heterocycles. The van der Waals surface area contributed by atoms with Crippen molar-refractivity contribution in [2.24, 2.45) is 0 Å². The van der Waals surface area contributed by atoms with Crippen LogP contribution in [-0.2, 0) is 5.75 Å². The summed E-state index contributed by atoms with van der Waals surface area (Å²) in [6, 6.07) is 8.27. The Morgan fingerprint density at radius 1 is 1.33 bits per heavy atom. The van der Waals surface area contributed by atoms with E-state index < -0.39 is 5.97 Å². The monoisotopic (exact) mass is 279 g/mol. The molecule has 0 amide bonds. The number of hydrogen-bond acceptors (Lipinski definition) is 4. The molecule has 0 saturated carbocycles. The number of benzene rings is 1. The van der Waals surface area contributed by atoms with Gasteiger partial charge in [-0.25, -0.2) is 9.78 Å². The molecule has 0 spiro atoms. The zero-order valence-electron chi connectivity index (χ0n) is 10.1. The number of carboxylic acids is 1. The zero-order valence-corrected chi connectivity index (χ0v) is 11.8. The number of thioether (sulfide) groups is 1. The smallest absolute Gasteiger partial charge is 0.347 e. The highest BCUT2D eigenvalue weighted by Gasteiger charge is 2.13. The minimum atomic E-state index is -0.892. The van der Waals surface area contributed by atoms with Crippen LogP contribution in [0.25, 0.3) is 0 Å². The number of aromatic carboxylic acids is 1. The van der Waals surface area contributed by atoms with Gasteiger partial charge in [-0.2, -0.15) is 0 Å². The van der Waals surface area contributed by atoms with E-state index in [1.807, 2.05) is 0 Å². The Morgan fingerprint density at radius 3 is 2.56 bits per heavy atom. The van der Waals surface area contributed by atoms with Crippen molar-refractivity contribution in [3.63, 3.8) is 0 Å². The van der Waals surface area contributed by atoms with Gasteiger partial charge in [-0.1, -0.05) is 17.7 Å². The van der Waals surface area contributed by atoms with Gasteiger partial charge in [0.05, 0.1) is 11.4 Å². The van der Waals surface area contributed by atoms with Gasteiger partial charge in [-0.05, 0) is 26.0 Å². The van der Waals surface area contributed by atoms with Crippen molar-refractivity contribution >= 4 is 29.1 Å². The fourth-order valence-corrected chi connectivity index (χ4v) is 3.29. The second-order valence-corrected chi connectivity index (χ2v) is 6.06. The maximum absolute atomic E-state index is 10.9. The number of carboxylic acid groups (broad SMARTS) is 1. The highest BCUT2D eigenvalue weighted by Crippen LogP contribution is 2.27. The van der Waals surface area contributed by atoms with Gasteiger partial charge in [0.1, 0.15) is 9.88 Å². The largest absolute Gasteiger partial charge is 0.477 e. The third-order valence-corrected chi connectivity index (χ3v) is 4.77. The van der Waals surface area contributed by atoms with E-state index in [9.17, 15) is 4.79 Å². The van der Waals surface area contributed by atoms with Gasteiger partial charge in [-0.15, -0.1) is 23.1 Å². The average molecular weight is 279 g/mol. The Kier molecular flexibility index (Phi) is 4.04. The fourth-order valence-electron chi connectivity index (χ4n) is 1.49. The van der Waals surface area contributed by atoms with Crippen molar-refractivity contribution in [3.05, 3.63) is 45.4 Å². The standard InChI is InChI=1S/C13H13NO2S2/c1-8-3-5-10(6-4-8)17-7-11-14-9(2)12(18-11)13(15)16/h3-6H,7H2,1-2H3,(H,15,16). The quantitative estimate of drug-likeness (QED) is 0.866. The van der Waals surface area contributed by atoms with Crippen LogP contribution in [0.15, 0.2) is 29.2 Å². The van der Waals surface area contributed by atoms with Gasteiger partial charge < -0.3 is 5.11 Å². The van der Waals surface area contributed by atoms with E-state index >= 15 is 0 Å². The normalized spacial score (nSPS) is 10.6. The second-order valence-electron chi connectivity index (χ2n) is 3.93. The summed E-state index contributed by atoms with van der Waals surface area (Å²) in [6.45, 7) is 3.79. The lowest BCUT2D eigenvalue weighted by atomic mass is 10.2. The molecule has 0 atom stereocenters. The summed E-state index contributed by atoms with van der Waals surface area (Å²) in [5.41, 5.74) is 1.84. The Bertz CT molecular complexity index is 561. The minimum Gasteiger partial charge on any atom is -0.477 e. The van der Waals surface area contributed by atoms with E-state index in [2.05, 4.69) is 36.2 Å². The predicted octanol–water partition coefficient (Wildman–Crippen LogP) is 3.75. The Hall–Kier alpha value is -1.33. The van der Waals surface area contributed by atoms with Crippen molar-refractivity contribution in [3.8, 4) is 0 Å². The molecule has 1 heterocycles. The first-order valence-electron chi connectivity index (χ1n) is 5.45. The van der Waals surface area contributed by atoms with Crippen LogP contribution in [0.3, 0.4) is 0 Å². The number of nitrogens with zero attached hydrogens (tertiary/aromatic N) is 1. The molecule has 1 N–H and O–H groups in total. The highest BCUT2D eigenvalue weighted by atomic mass is 32.2. The molecule has 94 valence electrons. The third-order valence-electron chi connectivity index (χ3n) is 2.42. The number of rotatable bonds is 4. The molecule has 0 aliphatic rings. The fraction of sp³-hybridized carbons (Fsp3) is 0.231. The lowest BCUT2D eigenvalue weighted by Crippen LogP contribution is -1.94. The summed E-state index contributed by atoms with van der Waals surface area (Å²) in [5, 5.41) is 9.82. The van der Waals surface area contributed by atoms with E-state index in [4.69, 9.17) is 5.11 Å². The number of aromatic nitrogens is 1. The maximum atomic E-state index is 10.9. The lowest BCUT2D eigenvalue weighted by Gasteiger charge is -1.99. The molecule has 0 bridgehead atoms. The SMILES string of the molecule is Cc1ccc(SCc2nc(C)c(C(=O)O)s2)cc1. The molecule has 0 fully saturated rings. The third kappa shape index (κ3) is 3.11. The predicted molar refractivity (Wildman–Crippen MR) is 74.6 cm³/mol. The van der Waals surface area contributed by atoms with Gasteiger partial charge in [-0.3, -0.25) is 0 Å². The van der Waals surface area contributed by atoms with Crippen LogP contribution in [0.4, 0.5) is 0 Å². The molecule has 0 aliphatic heterocycles. The molecule has 3 nitrogen and oxygen atoms in total. The van der Waals surface area contributed by atoms with Crippen LogP contribution in [0, 0.1) is 13.8 Å². The summed E-state index contributed by atoms with van der Waals surface area (Å²) in [5.74, 6) is -0.182. The van der Waals surface area contributed by atoms with Crippen LogP contribution >= 0.6 is 23.1 Å². The van der Waals surface area contributed by atoms with Crippen LogP contribution in [0.2, 0.25) is 0 Å². The summed E-state index contributed by atoms with van der Waals surface area (Å²) < 4.78 is 0. The van der Waals surface area contributed by atoms with Crippen molar-refractivity contribution in [2.45, 2.75) is 24.5 Å². The summed E-state index contributed by atoms with van der Waals surface area (Å²) in [7, 11) is 0. The topological polar surface area (TPSA) is 50.2 Å². The first kappa shape index (κ1) is 13.1. The van der Waals surface area contributed by atoms with Crippen molar-refractivity contribution < 1.29 is 9.90 Å². The van der Waals surface area contributed by atoms with Gasteiger partial charge >= 0.3 is 5.97 Å². The van der Waals surface area contributed by atoms with Crippen molar-refractivity contribution in [1.82, 2.24) is 4.98 Å². The van der Waals surface area contributed by atoms with Crippen molar-refractivity contribution in [1.29, 1.82) is 0 Å². The molecular weight excluding hydrogens is 266 g/mol. The molecule has 0 radical (unpaired) electrons. The second kappa shape index (κ2) is 5.54. The summed E-state index contributed by atoms with van der Waals surface area (Å²) in [6.07, 6.45) is 0. The van der Waals surface area contributed by atoms with Gasteiger partial charge in [0.25, 0.3) is 0 Å². The lowest BCUT2D eigenvalue weighted by molar-refractivity contribution is 0.0701. The van der Waals surface area contributed by atoms with Gasteiger partial charge in [0.2, 0.25) is 0 Å². The molecule has 0 unspecified atom stereocenters. The average Bonchev–Trinajstić information content (AvgIpc) is 2.70. The highest BCUT2D eigenvalue weighted by molar-refractivity contribution is 7.98. The Balaban J connectivity index is 2.04. The minimum absolute atomic E-state index is 0.342. The first-order chi connectivity index (χ1) is 8.56. The molecule has 1 aromatic carbocycles. The molecule has 18 heavy (non-hydrogen) atoms. The van der Waals surface area contributed by atoms with Gasteiger partial charge in [0, 0.05) is 4.90 Å². The van der Waals surface area contributed by atoms with E-state index in [1.165, 1.54) is 21.8 Å². The Morgan fingerprint density at radius 2 is 2.00 bits per heavy atom. The molecular formula is C13H13NO2S2. The molecule has 0 aliphatic carbocycles. The number of hydrogen-bond donors (Lipinski definition) is 1. The van der Waals surface area contributed by atoms with Gasteiger partial charge in [0.15, 0.2) is 0 Å².